The molecule has 1 aliphatic rings. The highest BCUT2D eigenvalue weighted by molar-refractivity contribution is 5.38. The monoisotopic (exact) mass is 346 g/mol. The van der Waals surface area contributed by atoms with Gasteiger partial charge in [-0.15, -0.1) is 0 Å². The van der Waals surface area contributed by atoms with Gasteiger partial charge in [0.15, 0.2) is 6.29 Å². The van der Waals surface area contributed by atoms with Crippen molar-refractivity contribution >= 4 is 0 Å². The van der Waals surface area contributed by atoms with Crippen LogP contribution < -0.4 is 4.74 Å². The first kappa shape index (κ1) is 17.9. The normalized spacial score (nSPS) is 17.4. The molecule has 3 rings (SSSR count). The molecule has 2 aromatic rings. The first-order valence-corrected chi connectivity index (χ1v) is 8.58. The molecule has 0 radical (unpaired) electrons. The molecule has 1 N–H and O–H groups in total. The van der Waals surface area contributed by atoms with E-state index in [4.69, 9.17) is 14.2 Å². The van der Waals surface area contributed by atoms with Crippen molar-refractivity contribution in [1.29, 1.82) is 0 Å². The van der Waals surface area contributed by atoms with Gasteiger partial charge >= 0.3 is 0 Å². The standard InChI is InChI=1S/C20H23FO4/c21-18-11-19(24-13-15-6-2-1-3-7-15)17(10-16(18)12-22)14-25-20-8-4-5-9-23-20/h1-3,6-7,10-11,20,22H,4-5,8-9,12-14H2. The SMILES string of the molecule is OCc1cc(COC2CCCCO2)c(OCc2ccccc2)cc1F. The van der Waals surface area contributed by atoms with Crippen LogP contribution in [-0.2, 0) is 29.3 Å². The van der Waals surface area contributed by atoms with Crippen LogP contribution in [0.2, 0.25) is 0 Å². The van der Waals surface area contributed by atoms with Gasteiger partial charge in [-0.05, 0) is 30.9 Å². The van der Waals surface area contributed by atoms with E-state index in [1.54, 1.807) is 6.07 Å². The summed E-state index contributed by atoms with van der Waals surface area (Å²) in [6.07, 6.45) is 2.75. The Morgan fingerprint density at radius 3 is 2.64 bits per heavy atom. The van der Waals surface area contributed by atoms with Crippen molar-refractivity contribution in [1.82, 2.24) is 0 Å². The molecular weight excluding hydrogens is 323 g/mol. The molecule has 0 aromatic heterocycles. The first-order chi connectivity index (χ1) is 12.3. The summed E-state index contributed by atoms with van der Waals surface area (Å²) >= 11 is 0. The zero-order valence-electron chi connectivity index (χ0n) is 14.1. The number of halogens is 1. The zero-order chi connectivity index (χ0) is 17.5. The molecule has 0 aliphatic carbocycles. The first-order valence-electron chi connectivity index (χ1n) is 8.58. The molecule has 0 bridgehead atoms. The molecule has 1 aliphatic heterocycles. The van der Waals surface area contributed by atoms with E-state index in [1.807, 2.05) is 30.3 Å². The van der Waals surface area contributed by atoms with Gasteiger partial charge in [0, 0.05) is 23.8 Å². The third kappa shape index (κ3) is 5.01. The highest BCUT2D eigenvalue weighted by atomic mass is 19.1. The molecule has 0 amide bonds. The fourth-order valence-electron chi connectivity index (χ4n) is 2.78. The van der Waals surface area contributed by atoms with E-state index in [2.05, 4.69) is 0 Å². The van der Waals surface area contributed by atoms with Gasteiger partial charge in [0.05, 0.1) is 13.2 Å². The number of ether oxygens (including phenoxy) is 3. The van der Waals surface area contributed by atoms with Gasteiger partial charge < -0.3 is 19.3 Å². The summed E-state index contributed by atoms with van der Waals surface area (Å²) in [4.78, 5) is 0. The lowest BCUT2D eigenvalue weighted by Gasteiger charge is -2.23. The molecule has 2 aromatic carbocycles. The fourth-order valence-corrected chi connectivity index (χ4v) is 2.78. The topological polar surface area (TPSA) is 47.9 Å². The van der Waals surface area contributed by atoms with Crippen LogP contribution >= 0.6 is 0 Å². The summed E-state index contributed by atoms with van der Waals surface area (Å²) in [6.45, 7) is 0.929. The number of rotatable bonds is 7. The predicted molar refractivity (Wildman–Crippen MR) is 91.5 cm³/mol. The van der Waals surface area contributed by atoms with E-state index in [0.29, 0.717) is 24.5 Å². The average molecular weight is 346 g/mol. The molecule has 1 unspecified atom stereocenters. The lowest BCUT2D eigenvalue weighted by atomic mass is 10.1. The Bertz CT molecular complexity index is 669. The van der Waals surface area contributed by atoms with Crippen LogP contribution in [0.4, 0.5) is 4.39 Å². The van der Waals surface area contributed by atoms with E-state index in [0.717, 1.165) is 24.8 Å². The van der Waals surface area contributed by atoms with E-state index in [9.17, 15) is 9.50 Å². The molecule has 25 heavy (non-hydrogen) atoms. The molecule has 0 saturated carbocycles. The molecule has 1 atom stereocenters. The Labute approximate surface area is 147 Å². The van der Waals surface area contributed by atoms with Crippen molar-refractivity contribution < 1.29 is 23.7 Å². The number of aliphatic hydroxyl groups excluding tert-OH is 1. The molecule has 4 nitrogen and oxygen atoms in total. The van der Waals surface area contributed by atoms with Crippen LogP contribution in [0.5, 0.6) is 5.75 Å². The van der Waals surface area contributed by atoms with Gasteiger partial charge in [-0.2, -0.15) is 0 Å². The second-order valence-corrected chi connectivity index (χ2v) is 6.09. The Hall–Kier alpha value is -1.95. The third-order valence-corrected chi connectivity index (χ3v) is 4.20. The summed E-state index contributed by atoms with van der Waals surface area (Å²) in [5.41, 5.74) is 1.93. The van der Waals surface area contributed by atoms with Crippen molar-refractivity contribution in [2.24, 2.45) is 0 Å². The third-order valence-electron chi connectivity index (χ3n) is 4.20. The van der Waals surface area contributed by atoms with Crippen LogP contribution in [0.3, 0.4) is 0 Å². The Kier molecular flexibility index (Phi) is 6.39. The van der Waals surface area contributed by atoms with E-state index in [-0.39, 0.29) is 25.1 Å². The lowest BCUT2D eigenvalue weighted by Crippen LogP contribution is -2.22. The maximum absolute atomic E-state index is 14.0. The smallest absolute Gasteiger partial charge is 0.158 e. The van der Waals surface area contributed by atoms with Crippen molar-refractivity contribution in [3.63, 3.8) is 0 Å². The predicted octanol–water partition coefficient (Wildman–Crippen LogP) is 3.94. The molecule has 1 saturated heterocycles. The van der Waals surface area contributed by atoms with Gasteiger partial charge in [0.25, 0.3) is 0 Å². The van der Waals surface area contributed by atoms with E-state index in [1.165, 1.54) is 6.07 Å². The van der Waals surface area contributed by atoms with Gasteiger partial charge in [-0.3, -0.25) is 0 Å². The summed E-state index contributed by atoms with van der Waals surface area (Å²) in [7, 11) is 0. The molecule has 5 heteroatoms. The minimum absolute atomic E-state index is 0.232. The van der Waals surface area contributed by atoms with Gasteiger partial charge in [0.1, 0.15) is 18.2 Å². The van der Waals surface area contributed by atoms with Gasteiger partial charge in [0.2, 0.25) is 0 Å². The van der Waals surface area contributed by atoms with Crippen molar-refractivity contribution in [3.05, 3.63) is 65.0 Å². The Morgan fingerprint density at radius 1 is 1.08 bits per heavy atom. The van der Waals surface area contributed by atoms with Gasteiger partial charge in [-0.1, -0.05) is 30.3 Å². The number of hydrogen-bond donors (Lipinski definition) is 1. The highest BCUT2D eigenvalue weighted by Crippen LogP contribution is 2.26. The van der Waals surface area contributed by atoms with Crippen LogP contribution in [0.25, 0.3) is 0 Å². The Morgan fingerprint density at radius 2 is 1.92 bits per heavy atom. The van der Waals surface area contributed by atoms with Crippen LogP contribution in [-0.4, -0.2) is 18.0 Å². The number of hydrogen-bond acceptors (Lipinski definition) is 4. The number of aliphatic hydroxyl groups is 1. The van der Waals surface area contributed by atoms with Crippen molar-refractivity contribution in [2.45, 2.75) is 45.4 Å². The maximum atomic E-state index is 14.0. The molecule has 1 fully saturated rings. The lowest BCUT2D eigenvalue weighted by molar-refractivity contribution is -0.169. The van der Waals surface area contributed by atoms with Crippen molar-refractivity contribution in [2.75, 3.05) is 6.61 Å². The van der Waals surface area contributed by atoms with Gasteiger partial charge in [-0.25, -0.2) is 4.39 Å². The average Bonchev–Trinajstić information content (AvgIpc) is 2.67. The summed E-state index contributed by atoms with van der Waals surface area (Å²) < 4.78 is 31.2. The summed E-state index contributed by atoms with van der Waals surface area (Å²) in [6, 6.07) is 12.6. The van der Waals surface area contributed by atoms with Crippen LogP contribution in [0.1, 0.15) is 36.0 Å². The largest absolute Gasteiger partial charge is 0.488 e. The van der Waals surface area contributed by atoms with E-state index >= 15 is 0 Å². The zero-order valence-corrected chi connectivity index (χ0v) is 14.1. The fraction of sp³-hybridized carbons (Fsp3) is 0.400. The summed E-state index contributed by atoms with van der Waals surface area (Å²) in [5.74, 6) is -0.0578. The van der Waals surface area contributed by atoms with E-state index < -0.39 is 5.82 Å². The second kappa shape index (κ2) is 8.94. The van der Waals surface area contributed by atoms with Crippen LogP contribution in [0.15, 0.2) is 42.5 Å². The number of benzene rings is 2. The summed E-state index contributed by atoms with van der Waals surface area (Å²) in [5, 5.41) is 9.31. The molecular formula is C20H23FO4. The molecule has 1 heterocycles. The second-order valence-electron chi connectivity index (χ2n) is 6.09. The Balaban J connectivity index is 1.71. The highest BCUT2D eigenvalue weighted by Gasteiger charge is 2.17. The minimum Gasteiger partial charge on any atom is -0.488 e. The maximum Gasteiger partial charge on any atom is 0.158 e. The van der Waals surface area contributed by atoms with Crippen molar-refractivity contribution in [3.8, 4) is 5.75 Å². The molecule has 134 valence electrons. The quantitative estimate of drug-likeness (QED) is 0.825. The van der Waals surface area contributed by atoms with Crippen LogP contribution in [0, 0.1) is 5.82 Å². The minimum atomic E-state index is -0.483. The molecule has 0 spiro atoms.